The first-order chi connectivity index (χ1) is 13.4. The number of carbonyl (C=O) groups is 2. The second kappa shape index (κ2) is 10.2. The number of anilines is 1. The van der Waals surface area contributed by atoms with Gasteiger partial charge in [0.15, 0.2) is 18.1 Å². The number of rotatable bonds is 9. The summed E-state index contributed by atoms with van der Waals surface area (Å²) in [7, 11) is 1.49. The second-order valence-electron chi connectivity index (χ2n) is 6.62. The van der Waals surface area contributed by atoms with Crippen molar-refractivity contribution in [2.24, 2.45) is 0 Å². The van der Waals surface area contributed by atoms with Crippen molar-refractivity contribution in [3.05, 3.63) is 53.6 Å². The van der Waals surface area contributed by atoms with Gasteiger partial charge in [0.05, 0.1) is 7.11 Å². The number of hydrogen-bond donors (Lipinski definition) is 3. The minimum atomic E-state index is -0.221. The molecular formula is C21H27N3O4. The van der Waals surface area contributed by atoms with Crippen molar-refractivity contribution in [2.75, 3.05) is 26.0 Å². The molecule has 2 aromatic rings. The molecule has 4 N–H and O–H groups in total. The monoisotopic (exact) mass is 385 g/mol. The summed E-state index contributed by atoms with van der Waals surface area (Å²) in [6.45, 7) is 4.12. The first-order valence-electron chi connectivity index (χ1n) is 9.12. The Balaban J connectivity index is 1.91. The van der Waals surface area contributed by atoms with Gasteiger partial charge in [0, 0.05) is 23.8 Å². The third-order valence-corrected chi connectivity index (χ3v) is 3.91. The van der Waals surface area contributed by atoms with E-state index in [9.17, 15) is 9.59 Å². The molecule has 7 nitrogen and oxygen atoms in total. The number of nitrogen functional groups attached to an aromatic ring is 1. The average molecular weight is 385 g/mol. The van der Waals surface area contributed by atoms with Crippen LogP contribution in [0.15, 0.2) is 42.5 Å². The highest BCUT2D eigenvalue weighted by Crippen LogP contribution is 2.28. The molecule has 0 unspecified atom stereocenters. The maximum absolute atomic E-state index is 12.4. The smallest absolute Gasteiger partial charge is 0.258 e. The van der Waals surface area contributed by atoms with Crippen molar-refractivity contribution in [1.29, 1.82) is 0 Å². The van der Waals surface area contributed by atoms with Crippen molar-refractivity contribution >= 4 is 17.5 Å². The van der Waals surface area contributed by atoms with Crippen LogP contribution >= 0.6 is 0 Å². The predicted octanol–water partition coefficient (Wildman–Crippen LogP) is 2.15. The molecule has 7 heteroatoms. The van der Waals surface area contributed by atoms with Gasteiger partial charge in [-0.2, -0.15) is 0 Å². The molecular weight excluding hydrogens is 358 g/mol. The van der Waals surface area contributed by atoms with Crippen molar-refractivity contribution in [2.45, 2.75) is 26.3 Å². The number of benzene rings is 2. The molecule has 0 fully saturated rings. The number of amides is 2. The van der Waals surface area contributed by atoms with Gasteiger partial charge in [-0.25, -0.2) is 0 Å². The quantitative estimate of drug-likeness (QED) is 0.574. The van der Waals surface area contributed by atoms with E-state index in [0.717, 1.165) is 5.56 Å². The fourth-order valence-corrected chi connectivity index (χ4v) is 2.54. The zero-order valence-electron chi connectivity index (χ0n) is 16.5. The van der Waals surface area contributed by atoms with Crippen molar-refractivity contribution in [1.82, 2.24) is 10.6 Å². The van der Waals surface area contributed by atoms with Crippen LogP contribution in [-0.2, 0) is 11.2 Å². The Bertz CT molecular complexity index is 804. The minimum absolute atomic E-state index is 0.0392. The average Bonchev–Trinajstić information content (AvgIpc) is 2.67. The predicted molar refractivity (Wildman–Crippen MR) is 109 cm³/mol. The van der Waals surface area contributed by atoms with Crippen LogP contribution in [0.3, 0.4) is 0 Å². The Morgan fingerprint density at radius 3 is 2.43 bits per heavy atom. The lowest BCUT2D eigenvalue weighted by Crippen LogP contribution is -2.34. The number of nitrogens with one attached hydrogen (secondary N) is 2. The standard InChI is InChI=1S/C21H27N3O4/c1-14(2)24-20(25)13-28-18-9-6-16(12-19(18)27-3)21(26)23-11-10-15-4-7-17(22)8-5-15/h4-9,12,14H,10-11,13,22H2,1-3H3,(H,23,26)(H,24,25). The third-order valence-electron chi connectivity index (χ3n) is 3.91. The maximum Gasteiger partial charge on any atom is 0.258 e. The lowest BCUT2D eigenvalue weighted by Gasteiger charge is -2.13. The van der Waals surface area contributed by atoms with E-state index < -0.39 is 0 Å². The first kappa shape index (κ1) is 21.1. The zero-order valence-corrected chi connectivity index (χ0v) is 16.5. The van der Waals surface area contributed by atoms with Crippen LogP contribution in [0.1, 0.15) is 29.8 Å². The topological polar surface area (TPSA) is 103 Å². The van der Waals surface area contributed by atoms with E-state index in [4.69, 9.17) is 15.2 Å². The summed E-state index contributed by atoms with van der Waals surface area (Å²) in [4.78, 5) is 24.1. The van der Waals surface area contributed by atoms with Crippen LogP contribution in [0.5, 0.6) is 11.5 Å². The molecule has 0 aliphatic carbocycles. The van der Waals surface area contributed by atoms with Crippen molar-refractivity contribution in [3.8, 4) is 11.5 Å². The zero-order chi connectivity index (χ0) is 20.5. The molecule has 0 aliphatic heterocycles. The number of methoxy groups -OCH3 is 1. The lowest BCUT2D eigenvalue weighted by molar-refractivity contribution is -0.123. The van der Waals surface area contributed by atoms with E-state index in [2.05, 4.69) is 10.6 Å². The Hall–Kier alpha value is -3.22. The van der Waals surface area contributed by atoms with E-state index in [1.807, 2.05) is 38.1 Å². The largest absolute Gasteiger partial charge is 0.493 e. The Labute approximate surface area is 165 Å². The van der Waals surface area contributed by atoms with Gasteiger partial charge in [-0.1, -0.05) is 12.1 Å². The molecule has 0 bridgehead atoms. The van der Waals surface area contributed by atoms with Gasteiger partial charge in [-0.15, -0.1) is 0 Å². The van der Waals surface area contributed by atoms with Crippen molar-refractivity contribution < 1.29 is 19.1 Å². The summed E-state index contributed by atoms with van der Waals surface area (Å²) in [5, 5.41) is 5.62. The fourth-order valence-electron chi connectivity index (χ4n) is 2.54. The van der Waals surface area contributed by atoms with E-state index in [1.54, 1.807) is 18.2 Å². The molecule has 150 valence electrons. The van der Waals surface area contributed by atoms with E-state index in [1.165, 1.54) is 7.11 Å². The highest BCUT2D eigenvalue weighted by atomic mass is 16.5. The van der Waals surface area contributed by atoms with Crippen LogP contribution < -0.4 is 25.8 Å². The molecule has 28 heavy (non-hydrogen) atoms. The molecule has 0 heterocycles. The molecule has 0 radical (unpaired) electrons. The second-order valence-corrected chi connectivity index (χ2v) is 6.62. The van der Waals surface area contributed by atoms with Crippen molar-refractivity contribution in [3.63, 3.8) is 0 Å². The summed E-state index contributed by atoms with van der Waals surface area (Å²) in [6.07, 6.45) is 0.704. The molecule has 0 saturated carbocycles. The van der Waals surface area contributed by atoms with Gasteiger partial charge >= 0.3 is 0 Å². The summed E-state index contributed by atoms with van der Waals surface area (Å²) < 4.78 is 10.8. The molecule has 0 saturated heterocycles. The molecule has 0 atom stereocenters. The Kier molecular flexibility index (Phi) is 7.68. The summed E-state index contributed by atoms with van der Waals surface area (Å²) in [5.74, 6) is 0.364. The summed E-state index contributed by atoms with van der Waals surface area (Å²) in [6, 6.07) is 12.4. The van der Waals surface area contributed by atoms with Crippen LogP contribution in [0.2, 0.25) is 0 Å². The third kappa shape index (κ3) is 6.50. The van der Waals surface area contributed by atoms with Gasteiger partial charge in [0.2, 0.25) is 0 Å². The van der Waals surface area contributed by atoms with Crippen LogP contribution in [0, 0.1) is 0 Å². The number of nitrogens with two attached hydrogens (primary N) is 1. The van der Waals surface area contributed by atoms with Crippen LogP contribution in [0.4, 0.5) is 5.69 Å². The molecule has 0 spiro atoms. The Morgan fingerprint density at radius 2 is 1.79 bits per heavy atom. The number of hydrogen-bond acceptors (Lipinski definition) is 5. The normalized spacial score (nSPS) is 10.4. The van der Waals surface area contributed by atoms with E-state index in [0.29, 0.717) is 35.7 Å². The van der Waals surface area contributed by atoms with E-state index >= 15 is 0 Å². The van der Waals surface area contributed by atoms with Gasteiger partial charge in [-0.3, -0.25) is 9.59 Å². The van der Waals surface area contributed by atoms with E-state index in [-0.39, 0.29) is 24.5 Å². The minimum Gasteiger partial charge on any atom is -0.493 e. The Morgan fingerprint density at radius 1 is 1.07 bits per heavy atom. The first-order valence-corrected chi connectivity index (χ1v) is 9.12. The van der Waals surface area contributed by atoms with Gasteiger partial charge < -0.3 is 25.8 Å². The highest BCUT2D eigenvalue weighted by molar-refractivity contribution is 5.94. The summed E-state index contributed by atoms with van der Waals surface area (Å²) >= 11 is 0. The molecule has 2 aromatic carbocycles. The summed E-state index contributed by atoms with van der Waals surface area (Å²) in [5.41, 5.74) is 7.92. The van der Waals surface area contributed by atoms with Crippen LogP contribution in [0.25, 0.3) is 0 Å². The van der Waals surface area contributed by atoms with Gasteiger partial charge in [0.1, 0.15) is 0 Å². The SMILES string of the molecule is COc1cc(C(=O)NCCc2ccc(N)cc2)ccc1OCC(=O)NC(C)C. The number of ether oxygens (including phenoxy) is 2. The molecule has 0 aromatic heterocycles. The van der Waals surface area contributed by atoms with Crippen LogP contribution in [-0.4, -0.2) is 38.1 Å². The molecule has 0 aliphatic rings. The highest BCUT2D eigenvalue weighted by Gasteiger charge is 2.12. The lowest BCUT2D eigenvalue weighted by atomic mass is 10.1. The number of carbonyl (C=O) groups excluding carboxylic acids is 2. The van der Waals surface area contributed by atoms with Gasteiger partial charge in [0.25, 0.3) is 11.8 Å². The van der Waals surface area contributed by atoms with Gasteiger partial charge in [-0.05, 0) is 56.2 Å². The maximum atomic E-state index is 12.4. The molecule has 2 amide bonds. The molecule has 2 rings (SSSR count). The fraction of sp³-hybridized carbons (Fsp3) is 0.333.